The fourth-order valence-corrected chi connectivity index (χ4v) is 10.7. The summed E-state index contributed by atoms with van der Waals surface area (Å²) >= 11 is 0. The van der Waals surface area contributed by atoms with E-state index in [4.69, 9.17) is 52.5 Å². The number of phenols is 2. The van der Waals surface area contributed by atoms with Crippen LogP contribution < -0.4 is 62.6 Å². The van der Waals surface area contributed by atoms with Gasteiger partial charge < -0.3 is 116 Å². The van der Waals surface area contributed by atoms with Gasteiger partial charge in [-0.15, -0.1) is 26.3 Å². The van der Waals surface area contributed by atoms with Crippen molar-refractivity contribution in [3.63, 3.8) is 0 Å². The van der Waals surface area contributed by atoms with Gasteiger partial charge in [-0.2, -0.15) is 0 Å². The number of allylic oxidation sites excluding steroid dienone is 4. The number of rotatable bonds is 52. The summed E-state index contributed by atoms with van der Waals surface area (Å²) in [6.07, 6.45) is 4.23. The molecule has 0 aliphatic heterocycles. The van der Waals surface area contributed by atoms with Crippen molar-refractivity contribution in [2.75, 3.05) is 125 Å². The number of hydrogen-bond acceptors (Lipinski definition) is 22. The minimum absolute atomic E-state index is 0.000475. The van der Waals surface area contributed by atoms with E-state index in [1.165, 1.54) is 0 Å². The molecule has 4 rings (SSSR count). The average Bonchev–Trinajstić information content (AvgIpc) is 0.791. The summed E-state index contributed by atoms with van der Waals surface area (Å²) < 4.78 is 53.3. The van der Waals surface area contributed by atoms with Crippen molar-refractivity contribution in [3.8, 4) is 23.0 Å². The first-order chi connectivity index (χ1) is 54.3. The number of carbonyl (C=O) groups excluding carboxylic acids is 9. The first-order valence-corrected chi connectivity index (χ1v) is 37.4. The molecule has 0 spiro atoms. The molecule has 0 aliphatic carbocycles. The number of carboxylic acid groups (broad SMARTS) is 1. The molecule has 4 aromatic rings. The van der Waals surface area contributed by atoms with Crippen LogP contribution in [0.2, 0.25) is 0 Å². The second-order valence-electron chi connectivity index (χ2n) is 26.5. The zero-order chi connectivity index (χ0) is 82.7. The van der Waals surface area contributed by atoms with Gasteiger partial charge in [0.15, 0.2) is 0 Å². The summed E-state index contributed by atoms with van der Waals surface area (Å²) in [7, 11) is 0. The highest BCUT2D eigenvalue weighted by molar-refractivity contribution is 5.73. The number of amides is 10. The van der Waals surface area contributed by atoms with Crippen molar-refractivity contribution in [3.05, 3.63) is 168 Å². The lowest BCUT2D eigenvalue weighted by molar-refractivity contribution is 0.0901. The molecule has 0 heterocycles. The summed E-state index contributed by atoms with van der Waals surface area (Å²) in [4.78, 5) is 122. The van der Waals surface area contributed by atoms with Gasteiger partial charge >= 0.3 is 60.9 Å². The monoisotopic (exact) mass is 1580 g/mol. The summed E-state index contributed by atoms with van der Waals surface area (Å²) in [6.45, 7) is 24.3. The molecular formula is C80H112N10O23. The molecule has 0 saturated heterocycles. The number of alkyl carbamates (subject to hydrolysis) is 7. The second kappa shape index (κ2) is 53.1. The normalized spacial score (nSPS) is 11.1. The maximum Gasteiger partial charge on any atom is 0.412 e. The van der Waals surface area contributed by atoms with Gasteiger partial charge in [-0.3, -0.25) is 0 Å². The van der Waals surface area contributed by atoms with Crippen molar-refractivity contribution in [2.45, 2.75) is 116 Å². The van der Waals surface area contributed by atoms with Crippen LogP contribution in [0.1, 0.15) is 124 Å². The molecule has 1 atom stereocenters. The van der Waals surface area contributed by atoms with Gasteiger partial charge in [-0.25, -0.2) is 47.9 Å². The van der Waals surface area contributed by atoms with Crippen molar-refractivity contribution in [2.24, 2.45) is 5.92 Å². The molecule has 0 bridgehead atoms. The van der Waals surface area contributed by atoms with Crippen LogP contribution in [-0.4, -0.2) is 201 Å². The maximum atomic E-state index is 12.7. The number of ether oxygens (including phenoxy) is 10. The lowest BCUT2D eigenvalue weighted by atomic mass is 9.77. The number of carbonyl (C=O) groups is 10. The summed E-state index contributed by atoms with van der Waals surface area (Å²) in [6, 6.07) is 22.2. The van der Waals surface area contributed by atoms with Gasteiger partial charge in [-0.05, 0) is 152 Å². The Bertz CT molecular complexity index is 3740. The predicted octanol–water partition coefficient (Wildman–Crippen LogP) is 10.6. The Morgan fingerprint density at radius 1 is 0.345 bits per heavy atom. The molecule has 0 radical (unpaired) electrons. The number of unbranched alkanes of at least 4 members (excludes halogenated alkanes) is 3. The first kappa shape index (κ1) is 93.5. The Labute approximate surface area is 659 Å². The molecular weight excluding hydrogens is 1470 g/mol. The second-order valence-corrected chi connectivity index (χ2v) is 26.5. The van der Waals surface area contributed by atoms with Gasteiger partial charge in [0, 0.05) is 89.5 Å². The number of hydrogen-bond donors (Lipinski definition) is 13. The Hall–Kier alpha value is -11.9. The minimum atomic E-state index is -1.26. The number of benzene rings is 4. The molecule has 0 saturated carbocycles. The van der Waals surface area contributed by atoms with Crippen LogP contribution in [0.4, 0.5) is 47.9 Å². The Balaban J connectivity index is 0.985. The van der Waals surface area contributed by atoms with Crippen molar-refractivity contribution >= 4 is 60.9 Å². The van der Waals surface area contributed by atoms with Crippen molar-refractivity contribution < 1.29 is 111 Å². The van der Waals surface area contributed by atoms with Crippen LogP contribution in [-0.2, 0) is 74.4 Å². The SMILES string of the molecule is C=CCc1cc(C(C)(C)c2ccc(OC(=O)NCCNC(=O)OCCCCOCCCCOC(=O)NCCNC(=O)OCCC(CCOC(=O)NCCNC(=O)O)COC(=O)NCCNC(=O)OCCCCOC(=O)NCCNC(=O)Oc3ccc(C(C)(C)c4ccc(O)c(CC=C)c4)cc3CC=C)c(CC=C)c2)ccc1O. The lowest BCUT2D eigenvalue weighted by Gasteiger charge is -2.28. The van der Waals surface area contributed by atoms with E-state index >= 15 is 0 Å². The zero-order valence-electron chi connectivity index (χ0n) is 65.1. The molecule has 0 aliphatic rings. The van der Waals surface area contributed by atoms with Crippen molar-refractivity contribution in [1.29, 1.82) is 0 Å². The van der Waals surface area contributed by atoms with Crippen molar-refractivity contribution in [1.82, 2.24) is 53.2 Å². The van der Waals surface area contributed by atoms with Crippen LogP contribution in [0.5, 0.6) is 23.0 Å². The van der Waals surface area contributed by atoms with E-state index in [0.29, 0.717) is 88.9 Å². The van der Waals surface area contributed by atoms with Crippen LogP contribution >= 0.6 is 0 Å². The minimum Gasteiger partial charge on any atom is -0.508 e. The van der Waals surface area contributed by atoms with Crippen LogP contribution in [0.25, 0.3) is 0 Å². The number of phenolic OH excluding ortho intramolecular Hbond substituents is 2. The summed E-state index contributed by atoms with van der Waals surface area (Å²) in [5.41, 5.74) is 6.08. The van der Waals surface area contributed by atoms with E-state index < -0.39 is 77.7 Å². The van der Waals surface area contributed by atoms with E-state index in [1.54, 1.807) is 48.6 Å². The molecule has 33 heteroatoms. The number of aromatic hydroxyl groups is 2. The van der Waals surface area contributed by atoms with E-state index in [0.717, 1.165) is 44.5 Å². The Morgan fingerprint density at radius 2 is 0.602 bits per heavy atom. The highest BCUT2D eigenvalue weighted by atomic mass is 16.6. The van der Waals surface area contributed by atoms with Gasteiger partial charge in [-0.1, -0.05) is 101 Å². The van der Waals surface area contributed by atoms with E-state index in [-0.39, 0.29) is 136 Å². The van der Waals surface area contributed by atoms with E-state index in [1.807, 2.05) is 48.5 Å². The molecule has 0 aromatic heterocycles. The summed E-state index contributed by atoms with van der Waals surface area (Å²) in [5, 5.41) is 54.1. The Morgan fingerprint density at radius 3 is 0.912 bits per heavy atom. The number of nitrogens with one attached hydrogen (secondary N) is 10. The van der Waals surface area contributed by atoms with Gasteiger partial charge in [0.2, 0.25) is 0 Å². The van der Waals surface area contributed by atoms with Crippen LogP contribution in [0.15, 0.2) is 123 Å². The highest BCUT2D eigenvalue weighted by Gasteiger charge is 2.28. The molecule has 0 fully saturated rings. The van der Waals surface area contributed by atoms with Gasteiger partial charge in [0.05, 0.1) is 46.2 Å². The standard InChI is InChI=1S/C80H112N10O23/c1-9-19-57-51-61(23-27-65(57)91)79(5,6)63-25-29-67(59(53-63)21-11-3)112-77(102)89-41-39-85-72(97)106-46-16-14-44-104-43-13-15-45-105-70(95)83-35-36-87-75(100)110-50-32-56(31-49-109-74(99)82-34-33-81-69(93)94)55-111-76(101)88-38-37-84-71(96)107-47-17-18-48-108-73(98)86-40-42-90-78(103)113-68-30-26-64(54-60(68)22-12-4)80(7,8)62-24-28-66(92)58(52-62)20-10-2/h9-12,23-30,51-54,56,81,91-92H,1-4,13-22,31-50,55H2,5-8H3,(H,82,99)(H,83,95)(H,84,96)(H,85,97)(H,86,98)(H,87,100)(H,88,101)(H,89,102)(H,90,103)(H,93,94). The smallest absolute Gasteiger partial charge is 0.412 e. The molecule has 33 nitrogen and oxygen atoms in total. The Kier molecular flexibility index (Phi) is 43.9. The molecule has 620 valence electrons. The third-order valence-electron chi connectivity index (χ3n) is 17.2. The summed E-state index contributed by atoms with van der Waals surface area (Å²) in [5.74, 6) is 0.639. The van der Waals surface area contributed by atoms with Crippen LogP contribution in [0, 0.1) is 5.92 Å². The molecule has 113 heavy (non-hydrogen) atoms. The average molecular weight is 1580 g/mol. The predicted molar refractivity (Wildman–Crippen MR) is 420 cm³/mol. The zero-order valence-corrected chi connectivity index (χ0v) is 65.1. The quantitative estimate of drug-likeness (QED) is 0.0111. The van der Waals surface area contributed by atoms with Gasteiger partial charge in [0.25, 0.3) is 0 Å². The molecule has 10 amide bonds. The lowest BCUT2D eigenvalue weighted by Crippen LogP contribution is -2.36. The topological polar surface area (TPSA) is 444 Å². The maximum absolute atomic E-state index is 12.7. The largest absolute Gasteiger partial charge is 0.508 e. The fraction of sp³-hybridized carbons (Fsp3) is 0.475. The van der Waals surface area contributed by atoms with E-state index in [2.05, 4.69) is 107 Å². The third-order valence-corrected chi connectivity index (χ3v) is 17.2. The fourth-order valence-electron chi connectivity index (χ4n) is 10.7. The highest BCUT2D eigenvalue weighted by Crippen LogP contribution is 2.38. The van der Waals surface area contributed by atoms with Gasteiger partial charge in [0.1, 0.15) is 23.0 Å². The molecule has 13 N–H and O–H groups in total. The molecule has 4 aromatic carbocycles. The van der Waals surface area contributed by atoms with Crippen LogP contribution in [0.3, 0.4) is 0 Å². The van der Waals surface area contributed by atoms with E-state index in [9.17, 15) is 58.2 Å². The molecule has 1 unspecified atom stereocenters. The third kappa shape index (κ3) is 38.1. The first-order valence-electron chi connectivity index (χ1n) is 37.4.